The number of anilines is 1. The summed E-state index contributed by atoms with van der Waals surface area (Å²) in [6.07, 6.45) is 9.69. The Kier molecular flexibility index (Phi) is 6.00. The highest BCUT2D eigenvalue weighted by atomic mass is 16.5. The number of aromatic nitrogens is 3. The first-order valence-corrected chi connectivity index (χ1v) is 14.1. The average Bonchev–Trinajstić information content (AvgIpc) is 3.56. The van der Waals surface area contributed by atoms with Gasteiger partial charge in [0.25, 0.3) is 0 Å². The normalized spacial score (nSPS) is 24.7. The molecule has 1 aliphatic carbocycles. The van der Waals surface area contributed by atoms with Crippen LogP contribution in [0.15, 0.2) is 60.9 Å². The molecule has 200 valence electrons. The number of nitrogens with zero attached hydrogens (tertiary/aromatic N) is 4. The number of nitrogens with two attached hydrogens (primary N) is 2. The van der Waals surface area contributed by atoms with Crippen LogP contribution in [0.3, 0.4) is 0 Å². The lowest BCUT2D eigenvalue weighted by atomic mass is 9.74. The van der Waals surface area contributed by atoms with Crippen molar-refractivity contribution in [2.45, 2.75) is 56.6 Å². The Labute approximate surface area is 228 Å². The van der Waals surface area contributed by atoms with Crippen molar-refractivity contribution >= 4 is 17.2 Å². The van der Waals surface area contributed by atoms with Crippen LogP contribution in [0.25, 0.3) is 16.8 Å². The van der Waals surface area contributed by atoms with Crippen molar-refractivity contribution < 1.29 is 9.53 Å². The van der Waals surface area contributed by atoms with Crippen LogP contribution in [-0.4, -0.2) is 44.3 Å². The number of ether oxygens (including phenoxy) is 1. The van der Waals surface area contributed by atoms with Gasteiger partial charge in [0.2, 0.25) is 5.91 Å². The molecule has 1 saturated heterocycles. The van der Waals surface area contributed by atoms with E-state index in [1.807, 2.05) is 12.3 Å². The Morgan fingerprint density at radius 3 is 2.77 bits per heavy atom. The standard InChI is InChI=1S/C31H34N6O2/c32-29-28-27(22-9-8-21-10-11-25(39-26(21)17-22)20-5-2-1-3-6-20)35-31(37(28)14-12-34-29)23-15-19(16-23)18-36-13-4-7-24(36)30(33)38/h1-3,5-6,8-9,12,14,17,19,23-25H,4,7,10-11,13,15-16,18H2,(H2,32,34)(H2,33,38)/t19-,23+,24-,25+/m0/s1. The number of likely N-dealkylation sites (tertiary alicyclic amines) is 1. The highest BCUT2D eigenvalue weighted by Gasteiger charge is 2.38. The summed E-state index contributed by atoms with van der Waals surface area (Å²) in [5.74, 6) is 3.10. The van der Waals surface area contributed by atoms with E-state index >= 15 is 0 Å². The van der Waals surface area contributed by atoms with E-state index < -0.39 is 0 Å². The first-order chi connectivity index (χ1) is 19.0. The maximum Gasteiger partial charge on any atom is 0.234 e. The maximum atomic E-state index is 11.8. The van der Waals surface area contributed by atoms with Crippen molar-refractivity contribution in [3.05, 3.63) is 77.9 Å². The van der Waals surface area contributed by atoms with Gasteiger partial charge in [0, 0.05) is 30.4 Å². The molecule has 2 aromatic carbocycles. The van der Waals surface area contributed by atoms with Gasteiger partial charge in [0.05, 0.1) is 6.04 Å². The zero-order valence-electron chi connectivity index (χ0n) is 22.0. The molecule has 2 fully saturated rings. The van der Waals surface area contributed by atoms with Gasteiger partial charge in [0.1, 0.15) is 34.7 Å². The average molecular weight is 523 g/mol. The number of hydrogen-bond donors (Lipinski definition) is 2. The summed E-state index contributed by atoms with van der Waals surface area (Å²) in [6, 6.07) is 16.7. The van der Waals surface area contributed by atoms with Gasteiger partial charge in [0.15, 0.2) is 0 Å². The third-order valence-corrected chi connectivity index (χ3v) is 8.85. The second-order valence-electron chi connectivity index (χ2n) is 11.3. The third kappa shape index (κ3) is 4.33. The maximum absolute atomic E-state index is 11.8. The van der Waals surface area contributed by atoms with Crippen LogP contribution >= 0.6 is 0 Å². The van der Waals surface area contributed by atoms with Crippen LogP contribution in [0.4, 0.5) is 5.82 Å². The molecule has 0 bridgehead atoms. The summed E-state index contributed by atoms with van der Waals surface area (Å²) < 4.78 is 8.61. The molecule has 4 N–H and O–H groups in total. The van der Waals surface area contributed by atoms with Crippen molar-refractivity contribution in [2.75, 3.05) is 18.8 Å². The molecule has 8 heteroatoms. The molecule has 8 nitrogen and oxygen atoms in total. The molecule has 4 heterocycles. The van der Waals surface area contributed by atoms with E-state index in [4.69, 9.17) is 21.2 Å². The van der Waals surface area contributed by atoms with E-state index in [2.05, 4.69) is 56.7 Å². The summed E-state index contributed by atoms with van der Waals surface area (Å²) in [4.78, 5) is 23.7. The molecule has 0 radical (unpaired) electrons. The Bertz CT molecular complexity index is 1530. The molecule has 4 aromatic rings. The molecule has 2 atom stereocenters. The number of nitrogen functional groups attached to an aromatic ring is 1. The van der Waals surface area contributed by atoms with E-state index in [0.717, 1.165) is 80.0 Å². The van der Waals surface area contributed by atoms with Crippen molar-refractivity contribution in [2.24, 2.45) is 11.7 Å². The van der Waals surface area contributed by atoms with Gasteiger partial charge in [-0.25, -0.2) is 9.97 Å². The van der Waals surface area contributed by atoms with Gasteiger partial charge in [-0.3, -0.25) is 14.1 Å². The van der Waals surface area contributed by atoms with Gasteiger partial charge >= 0.3 is 0 Å². The number of benzene rings is 2. The monoisotopic (exact) mass is 522 g/mol. The van der Waals surface area contributed by atoms with E-state index in [1.54, 1.807) is 6.20 Å². The number of imidazole rings is 1. The number of hydrogen-bond acceptors (Lipinski definition) is 6. The SMILES string of the molecule is NC(=O)[C@@H]1CCCN1C[C@H]1C[C@@H](c2nc(-c3ccc4c(c3)O[C@@H](c3ccccc3)CC4)c3c(N)nccn32)C1. The molecule has 39 heavy (non-hydrogen) atoms. The fourth-order valence-corrected chi connectivity index (χ4v) is 6.79. The third-order valence-electron chi connectivity index (χ3n) is 8.85. The number of carbonyl (C=O) groups is 1. The van der Waals surface area contributed by atoms with Crippen molar-refractivity contribution in [3.8, 4) is 17.0 Å². The Balaban J connectivity index is 1.16. The Morgan fingerprint density at radius 1 is 1.10 bits per heavy atom. The molecule has 0 spiro atoms. The number of carbonyl (C=O) groups excluding carboxylic acids is 1. The van der Waals surface area contributed by atoms with E-state index in [1.165, 1.54) is 11.1 Å². The van der Waals surface area contributed by atoms with Crippen LogP contribution in [-0.2, 0) is 11.2 Å². The summed E-state index contributed by atoms with van der Waals surface area (Å²) in [6.45, 7) is 1.88. The molecule has 1 saturated carbocycles. The number of rotatable bonds is 6. The van der Waals surface area contributed by atoms with Gasteiger partial charge in [-0.2, -0.15) is 0 Å². The van der Waals surface area contributed by atoms with Gasteiger partial charge in [-0.15, -0.1) is 0 Å². The van der Waals surface area contributed by atoms with Crippen LogP contribution in [0, 0.1) is 5.92 Å². The lowest BCUT2D eigenvalue weighted by molar-refractivity contribution is -0.122. The topological polar surface area (TPSA) is 112 Å². The number of primary amides is 1. The smallest absolute Gasteiger partial charge is 0.234 e. The van der Waals surface area contributed by atoms with E-state index in [9.17, 15) is 4.79 Å². The van der Waals surface area contributed by atoms with Gasteiger partial charge in [-0.05, 0) is 68.2 Å². The Morgan fingerprint density at radius 2 is 1.95 bits per heavy atom. The lowest BCUT2D eigenvalue weighted by Gasteiger charge is -2.38. The lowest BCUT2D eigenvalue weighted by Crippen LogP contribution is -2.44. The second kappa shape index (κ2) is 9.68. The summed E-state index contributed by atoms with van der Waals surface area (Å²) in [7, 11) is 0. The van der Waals surface area contributed by atoms with E-state index in [-0.39, 0.29) is 18.1 Å². The fourth-order valence-electron chi connectivity index (χ4n) is 6.79. The van der Waals surface area contributed by atoms with E-state index in [0.29, 0.717) is 17.7 Å². The molecule has 2 aliphatic heterocycles. The van der Waals surface area contributed by atoms with Crippen LogP contribution < -0.4 is 16.2 Å². The minimum atomic E-state index is -0.195. The minimum absolute atomic E-state index is 0.0478. The summed E-state index contributed by atoms with van der Waals surface area (Å²) in [5, 5.41) is 0. The largest absolute Gasteiger partial charge is 0.485 e. The highest BCUT2D eigenvalue weighted by molar-refractivity contribution is 5.86. The molecule has 0 unspecified atom stereocenters. The number of amides is 1. The van der Waals surface area contributed by atoms with Crippen molar-refractivity contribution in [3.63, 3.8) is 0 Å². The van der Waals surface area contributed by atoms with Crippen LogP contribution in [0.1, 0.15) is 61.1 Å². The predicted octanol–water partition coefficient (Wildman–Crippen LogP) is 4.49. The zero-order valence-corrected chi connectivity index (χ0v) is 22.0. The summed E-state index contributed by atoms with van der Waals surface area (Å²) in [5.41, 5.74) is 17.2. The molecule has 7 rings (SSSR count). The number of aryl methyl sites for hydroxylation is 1. The zero-order chi connectivity index (χ0) is 26.5. The highest BCUT2D eigenvalue weighted by Crippen LogP contribution is 2.45. The second-order valence-corrected chi connectivity index (χ2v) is 11.3. The van der Waals surface area contributed by atoms with Crippen molar-refractivity contribution in [1.82, 2.24) is 19.3 Å². The fraction of sp³-hybridized carbons (Fsp3) is 0.387. The van der Waals surface area contributed by atoms with Crippen LogP contribution in [0.2, 0.25) is 0 Å². The Hall–Kier alpha value is -3.91. The van der Waals surface area contributed by atoms with Crippen molar-refractivity contribution in [1.29, 1.82) is 0 Å². The molecular formula is C31H34N6O2. The molecule has 2 aromatic heterocycles. The van der Waals surface area contributed by atoms with Crippen LogP contribution in [0.5, 0.6) is 5.75 Å². The summed E-state index contributed by atoms with van der Waals surface area (Å²) >= 11 is 0. The first-order valence-electron chi connectivity index (χ1n) is 14.1. The quantitative estimate of drug-likeness (QED) is 0.386. The van der Waals surface area contributed by atoms with Gasteiger partial charge < -0.3 is 16.2 Å². The molecule has 3 aliphatic rings. The first kappa shape index (κ1) is 24.2. The van der Waals surface area contributed by atoms with Gasteiger partial charge in [-0.1, -0.05) is 42.5 Å². The predicted molar refractivity (Wildman–Crippen MR) is 150 cm³/mol. The molecular weight excluding hydrogens is 488 g/mol. The minimum Gasteiger partial charge on any atom is -0.485 e. The number of fused-ring (bicyclic) bond motifs is 2. The molecule has 1 amide bonds.